The van der Waals surface area contributed by atoms with Gasteiger partial charge in [0.15, 0.2) is 0 Å². The van der Waals surface area contributed by atoms with Crippen LogP contribution in [0.25, 0.3) is 5.65 Å². The Morgan fingerprint density at radius 3 is 2.86 bits per heavy atom. The third-order valence-electron chi connectivity index (χ3n) is 2.55. The summed E-state index contributed by atoms with van der Waals surface area (Å²) in [5.41, 5.74) is 3.52. The largest absolute Gasteiger partial charge is 0.306 e. The van der Waals surface area contributed by atoms with Gasteiger partial charge in [0.1, 0.15) is 5.65 Å². The van der Waals surface area contributed by atoms with Gasteiger partial charge in [-0.2, -0.15) is 5.10 Å². The van der Waals surface area contributed by atoms with Crippen molar-refractivity contribution in [2.75, 3.05) is 0 Å². The van der Waals surface area contributed by atoms with Crippen LogP contribution in [0.2, 0.25) is 0 Å². The number of fused-ring (bicyclic) bond motifs is 1. The number of hydrogen-bond donors (Lipinski definition) is 1. The molecule has 0 atom stereocenters. The number of hydrogen-bond acceptors (Lipinski definition) is 2. The van der Waals surface area contributed by atoms with Crippen LogP contribution in [0.4, 0.5) is 0 Å². The Labute approximate surface area is 81.6 Å². The van der Waals surface area contributed by atoms with Crippen LogP contribution < -0.4 is 5.56 Å². The Bertz CT molecular complexity index is 536. The van der Waals surface area contributed by atoms with Gasteiger partial charge in [0.25, 0.3) is 5.56 Å². The Hall–Kier alpha value is -1.58. The first kappa shape index (κ1) is 8.99. The van der Waals surface area contributed by atoms with E-state index in [2.05, 4.69) is 10.1 Å². The van der Waals surface area contributed by atoms with Gasteiger partial charge < -0.3 is 4.98 Å². The molecule has 2 heterocycles. The highest BCUT2D eigenvalue weighted by Crippen LogP contribution is 2.09. The van der Waals surface area contributed by atoms with Crippen molar-refractivity contribution in [1.29, 1.82) is 0 Å². The third kappa shape index (κ3) is 1.07. The van der Waals surface area contributed by atoms with Gasteiger partial charge in [-0.3, -0.25) is 4.79 Å². The van der Waals surface area contributed by atoms with Crippen LogP contribution >= 0.6 is 0 Å². The van der Waals surface area contributed by atoms with E-state index in [1.54, 1.807) is 6.20 Å². The Morgan fingerprint density at radius 1 is 1.50 bits per heavy atom. The van der Waals surface area contributed by atoms with Crippen molar-refractivity contribution in [3.63, 3.8) is 0 Å². The molecule has 0 aliphatic heterocycles. The topological polar surface area (TPSA) is 50.2 Å². The van der Waals surface area contributed by atoms with Crippen molar-refractivity contribution >= 4 is 5.65 Å². The molecule has 0 aliphatic carbocycles. The van der Waals surface area contributed by atoms with E-state index in [1.165, 1.54) is 0 Å². The number of rotatable bonds is 1. The van der Waals surface area contributed by atoms with Gasteiger partial charge >= 0.3 is 0 Å². The quantitative estimate of drug-likeness (QED) is 0.736. The summed E-state index contributed by atoms with van der Waals surface area (Å²) in [5, 5.41) is 4.24. The molecular weight excluding hydrogens is 178 g/mol. The summed E-state index contributed by atoms with van der Waals surface area (Å²) in [7, 11) is 0. The van der Waals surface area contributed by atoms with E-state index in [0.717, 1.165) is 28.9 Å². The summed E-state index contributed by atoms with van der Waals surface area (Å²) in [6.45, 7) is 5.79. The summed E-state index contributed by atoms with van der Waals surface area (Å²) in [6, 6.07) is 0. The summed E-state index contributed by atoms with van der Waals surface area (Å²) in [4.78, 5) is 14.4. The number of aromatic nitrogens is 3. The summed E-state index contributed by atoms with van der Waals surface area (Å²) in [6.07, 6.45) is 2.58. The fourth-order valence-electron chi connectivity index (χ4n) is 1.69. The van der Waals surface area contributed by atoms with E-state index < -0.39 is 0 Å². The minimum atomic E-state index is -0.0158. The van der Waals surface area contributed by atoms with Gasteiger partial charge in [-0.25, -0.2) is 4.52 Å². The highest BCUT2D eigenvalue weighted by molar-refractivity contribution is 5.47. The van der Waals surface area contributed by atoms with Gasteiger partial charge in [-0.1, -0.05) is 6.92 Å². The average molecular weight is 191 g/mol. The molecule has 4 heteroatoms. The molecule has 0 fully saturated rings. The normalized spacial score (nSPS) is 11.1. The lowest BCUT2D eigenvalue weighted by Crippen LogP contribution is -2.17. The molecule has 0 amide bonds. The van der Waals surface area contributed by atoms with Crippen LogP contribution in [-0.2, 0) is 6.42 Å². The van der Waals surface area contributed by atoms with Crippen LogP contribution in [-0.4, -0.2) is 14.6 Å². The van der Waals surface area contributed by atoms with Gasteiger partial charge in [0.05, 0.1) is 11.9 Å². The van der Waals surface area contributed by atoms with E-state index in [1.807, 2.05) is 25.3 Å². The number of H-pyrrole nitrogens is 1. The minimum absolute atomic E-state index is 0.0158. The number of aromatic amines is 1. The Morgan fingerprint density at radius 2 is 2.21 bits per heavy atom. The second-order valence-electron chi connectivity index (χ2n) is 3.47. The maximum atomic E-state index is 11.6. The molecule has 2 aromatic rings. The molecular formula is C10H13N3O. The van der Waals surface area contributed by atoms with Crippen molar-refractivity contribution in [2.45, 2.75) is 27.2 Å². The minimum Gasteiger partial charge on any atom is -0.306 e. The van der Waals surface area contributed by atoms with Crippen LogP contribution in [0.3, 0.4) is 0 Å². The predicted octanol–water partition coefficient (Wildman–Crippen LogP) is 1.20. The first-order chi connectivity index (χ1) is 6.65. The molecule has 2 aromatic heterocycles. The second-order valence-corrected chi connectivity index (χ2v) is 3.47. The first-order valence-corrected chi connectivity index (χ1v) is 4.71. The van der Waals surface area contributed by atoms with E-state index in [9.17, 15) is 4.79 Å². The zero-order valence-electron chi connectivity index (χ0n) is 8.59. The lowest BCUT2D eigenvalue weighted by Gasteiger charge is -2.05. The maximum absolute atomic E-state index is 11.6. The SMILES string of the molecule is CCc1c(C)c(=O)[nH]c2c(C)cnn12. The molecule has 0 aliphatic rings. The molecule has 0 saturated heterocycles. The predicted molar refractivity (Wildman–Crippen MR) is 54.7 cm³/mol. The highest BCUT2D eigenvalue weighted by atomic mass is 16.1. The number of nitrogens with zero attached hydrogens (tertiary/aromatic N) is 2. The molecule has 0 spiro atoms. The Balaban J connectivity index is 2.98. The third-order valence-corrected chi connectivity index (χ3v) is 2.55. The van der Waals surface area contributed by atoms with Gasteiger partial charge in [0, 0.05) is 11.1 Å². The van der Waals surface area contributed by atoms with Crippen molar-refractivity contribution in [3.8, 4) is 0 Å². The van der Waals surface area contributed by atoms with Crippen molar-refractivity contribution < 1.29 is 0 Å². The van der Waals surface area contributed by atoms with Gasteiger partial charge in [-0.05, 0) is 20.3 Å². The van der Waals surface area contributed by atoms with Crippen LogP contribution in [0.15, 0.2) is 11.0 Å². The fourth-order valence-corrected chi connectivity index (χ4v) is 1.69. The number of aryl methyl sites for hydroxylation is 2. The fraction of sp³-hybridized carbons (Fsp3) is 0.400. The molecule has 0 radical (unpaired) electrons. The van der Waals surface area contributed by atoms with Gasteiger partial charge in [-0.15, -0.1) is 0 Å². The molecule has 0 unspecified atom stereocenters. The molecule has 0 bridgehead atoms. The number of nitrogens with one attached hydrogen (secondary N) is 1. The van der Waals surface area contributed by atoms with Crippen LogP contribution in [0.5, 0.6) is 0 Å². The molecule has 0 saturated carbocycles. The summed E-state index contributed by atoms with van der Waals surface area (Å²) < 4.78 is 1.81. The smallest absolute Gasteiger partial charge is 0.254 e. The first-order valence-electron chi connectivity index (χ1n) is 4.71. The summed E-state index contributed by atoms with van der Waals surface area (Å²) >= 11 is 0. The van der Waals surface area contributed by atoms with Crippen LogP contribution in [0, 0.1) is 13.8 Å². The molecule has 2 rings (SSSR count). The molecule has 14 heavy (non-hydrogen) atoms. The molecule has 1 N–H and O–H groups in total. The van der Waals surface area contributed by atoms with E-state index in [-0.39, 0.29) is 5.56 Å². The molecule has 4 nitrogen and oxygen atoms in total. The lowest BCUT2D eigenvalue weighted by molar-refractivity contribution is 0.827. The van der Waals surface area contributed by atoms with Crippen molar-refractivity contribution in [1.82, 2.24) is 14.6 Å². The summed E-state index contributed by atoms with van der Waals surface area (Å²) in [5.74, 6) is 0. The maximum Gasteiger partial charge on any atom is 0.254 e. The molecule has 0 aromatic carbocycles. The monoisotopic (exact) mass is 191 g/mol. The van der Waals surface area contributed by atoms with E-state index >= 15 is 0 Å². The van der Waals surface area contributed by atoms with Crippen LogP contribution in [0.1, 0.15) is 23.7 Å². The Kier molecular flexibility index (Phi) is 1.91. The lowest BCUT2D eigenvalue weighted by atomic mass is 10.2. The van der Waals surface area contributed by atoms with E-state index in [4.69, 9.17) is 0 Å². The average Bonchev–Trinajstić information content (AvgIpc) is 2.51. The highest BCUT2D eigenvalue weighted by Gasteiger charge is 2.09. The second kappa shape index (κ2) is 2.97. The zero-order chi connectivity index (χ0) is 10.3. The van der Waals surface area contributed by atoms with Crippen molar-refractivity contribution in [2.24, 2.45) is 0 Å². The molecule has 74 valence electrons. The van der Waals surface area contributed by atoms with Gasteiger partial charge in [0.2, 0.25) is 0 Å². The zero-order valence-corrected chi connectivity index (χ0v) is 8.59. The van der Waals surface area contributed by atoms with Crippen molar-refractivity contribution in [3.05, 3.63) is 33.4 Å². The van der Waals surface area contributed by atoms with E-state index in [0.29, 0.717) is 0 Å². The standard InChI is InChI=1S/C10H13N3O/c1-4-8-7(3)10(14)12-9-6(2)5-11-13(8)9/h5H,4H2,1-3H3,(H,12,14).